The van der Waals surface area contributed by atoms with Gasteiger partial charge in [0.25, 0.3) is 0 Å². The summed E-state index contributed by atoms with van der Waals surface area (Å²) in [5, 5.41) is 2.63. The summed E-state index contributed by atoms with van der Waals surface area (Å²) < 4.78 is 44.9. The molecule has 2 rings (SSSR count). The van der Waals surface area contributed by atoms with Crippen LogP contribution in [0.3, 0.4) is 0 Å². The third-order valence-corrected chi connectivity index (χ3v) is 7.20. The number of ether oxygens (including phenoxy) is 1. The van der Waals surface area contributed by atoms with E-state index in [1.807, 2.05) is 13.8 Å². The number of nitrogens with zero attached hydrogens (tertiary/aromatic N) is 2. The van der Waals surface area contributed by atoms with Crippen LogP contribution < -0.4 is 14.4 Å². The van der Waals surface area contributed by atoms with Gasteiger partial charge in [-0.25, -0.2) is 12.8 Å². The number of rotatable bonds is 12. The Balaban J connectivity index is 2.45. The molecule has 2 aromatic carbocycles. The molecule has 0 heterocycles. The van der Waals surface area contributed by atoms with E-state index in [2.05, 4.69) is 5.32 Å². The summed E-state index contributed by atoms with van der Waals surface area (Å²) in [7, 11) is -2.41. The third-order valence-electron chi connectivity index (χ3n) is 5.77. The summed E-state index contributed by atoms with van der Waals surface area (Å²) in [6.07, 6.45) is 1.96. The van der Waals surface area contributed by atoms with Gasteiger partial charge in [-0.05, 0) is 55.7 Å². The summed E-state index contributed by atoms with van der Waals surface area (Å²) in [4.78, 5) is 28.1. The van der Waals surface area contributed by atoms with E-state index >= 15 is 0 Å². The molecule has 0 aliphatic carbocycles. The Morgan fingerprint density at radius 3 is 2.25 bits per heavy atom. The van der Waals surface area contributed by atoms with Crippen LogP contribution in [0.4, 0.5) is 10.1 Å². The number of nitrogens with one attached hydrogen (secondary N) is 1. The van der Waals surface area contributed by atoms with E-state index in [4.69, 9.17) is 16.3 Å². The Hall–Kier alpha value is -2.85. The van der Waals surface area contributed by atoms with E-state index in [9.17, 15) is 22.4 Å². The van der Waals surface area contributed by atoms with E-state index in [0.29, 0.717) is 18.6 Å². The Kier molecular flexibility index (Phi) is 10.5. The van der Waals surface area contributed by atoms with Crippen LogP contribution in [0.15, 0.2) is 42.5 Å². The van der Waals surface area contributed by atoms with Crippen molar-refractivity contribution >= 4 is 39.1 Å². The fourth-order valence-corrected chi connectivity index (χ4v) is 4.56. The molecule has 0 aliphatic rings. The predicted octanol–water partition coefficient (Wildman–Crippen LogP) is 3.98. The van der Waals surface area contributed by atoms with Gasteiger partial charge in [0.1, 0.15) is 24.2 Å². The fourth-order valence-electron chi connectivity index (χ4n) is 3.54. The average Bonchev–Trinajstić information content (AvgIpc) is 2.83. The van der Waals surface area contributed by atoms with Crippen molar-refractivity contribution in [1.82, 2.24) is 10.2 Å². The van der Waals surface area contributed by atoms with Crippen LogP contribution in [0.2, 0.25) is 5.02 Å². The molecule has 0 bridgehead atoms. The van der Waals surface area contributed by atoms with Gasteiger partial charge < -0.3 is 15.0 Å². The molecule has 0 saturated heterocycles. The Labute approximate surface area is 217 Å². The summed E-state index contributed by atoms with van der Waals surface area (Å²) in [6.45, 7) is 5.05. The standard InChI is InChI=1S/C25H33ClFN3O5S/c1-6-17(3)28-25(32)23(7-2)29(15-18-8-11-20(35-4)12-9-18)24(31)16-30(36(5,33)34)19-10-13-22(27)21(26)14-19/h8-14,17,23H,6-7,15-16H2,1-5H3,(H,28,32)/t17-,23-/m1/s1. The van der Waals surface area contributed by atoms with Gasteiger partial charge in [0.2, 0.25) is 21.8 Å². The van der Waals surface area contributed by atoms with Gasteiger partial charge in [-0.2, -0.15) is 0 Å². The minimum Gasteiger partial charge on any atom is -0.497 e. The lowest BCUT2D eigenvalue weighted by Crippen LogP contribution is -2.53. The first kappa shape index (κ1) is 29.4. The zero-order valence-electron chi connectivity index (χ0n) is 21.1. The van der Waals surface area contributed by atoms with E-state index in [-0.39, 0.29) is 29.2 Å². The molecule has 2 aromatic rings. The lowest BCUT2D eigenvalue weighted by molar-refractivity contribution is -0.140. The maximum absolute atomic E-state index is 13.7. The van der Waals surface area contributed by atoms with Gasteiger partial charge >= 0.3 is 0 Å². The lowest BCUT2D eigenvalue weighted by Gasteiger charge is -2.33. The van der Waals surface area contributed by atoms with Crippen LogP contribution in [0.5, 0.6) is 5.75 Å². The van der Waals surface area contributed by atoms with Crippen molar-refractivity contribution in [3.05, 3.63) is 58.9 Å². The van der Waals surface area contributed by atoms with Crippen molar-refractivity contribution in [2.75, 3.05) is 24.2 Å². The maximum Gasteiger partial charge on any atom is 0.244 e. The van der Waals surface area contributed by atoms with Crippen LogP contribution >= 0.6 is 11.6 Å². The molecule has 1 N–H and O–H groups in total. The number of methoxy groups -OCH3 is 1. The summed E-state index contributed by atoms with van der Waals surface area (Å²) in [5.41, 5.74) is 0.772. The zero-order valence-corrected chi connectivity index (χ0v) is 22.7. The fraction of sp³-hybridized carbons (Fsp3) is 0.440. The highest BCUT2D eigenvalue weighted by molar-refractivity contribution is 7.92. The van der Waals surface area contributed by atoms with Gasteiger partial charge in [-0.1, -0.05) is 37.6 Å². The average molecular weight is 542 g/mol. The zero-order chi connectivity index (χ0) is 27.0. The summed E-state index contributed by atoms with van der Waals surface area (Å²) in [6, 6.07) is 9.49. The van der Waals surface area contributed by atoms with Crippen LogP contribution in [0.1, 0.15) is 39.2 Å². The van der Waals surface area contributed by atoms with Crippen molar-refractivity contribution in [3.8, 4) is 5.75 Å². The second-order valence-corrected chi connectivity index (χ2v) is 10.8. The number of anilines is 1. The van der Waals surface area contributed by atoms with Crippen LogP contribution in [-0.4, -0.2) is 57.1 Å². The van der Waals surface area contributed by atoms with Crippen LogP contribution in [-0.2, 0) is 26.2 Å². The normalized spacial score (nSPS) is 13.0. The van der Waals surface area contributed by atoms with E-state index in [1.54, 1.807) is 38.3 Å². The topological polar surface area (TPSA) is 96.0 Å². The molecule has 0 aliphatic heterocycles. The Morgan fingerprint density at radius 1 is 1.11 bits per heavy atom. The summed E-state index contributed by atoms with van der Waals surface area (Å²) >= 11 is 5.86. The van der Waals surface area contributed by atoms with Crippen molar-refractivity contribution in [2.24, 2.45) is 0 Å². The molecule has 2 atom stereocenters. The predicted molar refractivity (Wildman–Crippen MR) is 139 cm³/mol. The first-order chi connectivity index (χ1) is 16.9. The minimum atomic E-state index is -3.95. The van der Waals surface area contributed by atoms with Crippen molar-refractivity contribution < 1.29 is 27.1 Å². The van der Waals surface area contributed by atoms with E-state index in [0.717, 1.165) is 28.3 Å². The number of halogens is 2. The Morgan fingerprint density at radius 2 is 1.75 bits per heavy atom. The van der Waals surface area contributed by atoms with Crippen molar-refractivity contribution in [3.63, 3.8) is 0 Å². The lowest BCUT2D eigenvalue weighted by atomic mass is 10.1. The van der Waals surface area contributed by atoms with Gasteiger partial charge in [0.15, 0.2) is 0 Å². The van der Waals surface area contributed by atoms with E-state index < -0.39 is 34.3 Å². The molecule has 0 spiro atoms. The quantitative estimate of drug-likeness (QED) is 0.438. The molecular weight excluding hydrogens is 509 g/mol. The highest BCUT2D eigenvalue weighted by atomic mass is 35.5. The number of amides is 2. The molecule has 0 fully saturated rings. The number of benzene rings is 2. The number of carbonyl (C=O) groups is 2. The minimum absolute atomic E-state index is 0.0405. The molecule has 198 valence electrons. The molecular formula is C25H33ClFN3O5S. The van der Waals surface area contributed by atoms with Gasteiger partial charge in [0, 0.05) is 12.6 Å². The Bertz CT molecular complexity index is 1160. The number of sulfonamides is 1. The van der Waals surface area contributed by atoms with Gasteiger partial charge in [-0.3, -0.25) is 13.9 Å². The molecule has 0 unspecified atom stereocenters. The molecule has 11 heteroatoms. The molecule has 0 aromatic heterocycles. The van der Waals surface area contributed by atoms with Crippen molar-refractivity contribution in [1.29, 1.82) is 0 Å². The second-order valence-electron chi connectivity index (χ2n) is 8.48. The van der Waals surface area contributed by atoms with E-state index in [1.165, 1.54) is 11.0 Å². The van der Waals surface area contributed by atoms with Crippen LogP contribution in [0, 0.1) is 5.82 Å². The SMILES string of the molecule is CC[C@@H](C)NC(=O)[C@@H](CC)N(Cc1ccc(OC)cc1)C(=O)CN(c1ccc(F)c(Cl)c1)S(C)(=O)=O. The molecule has 8 nitrogen and oxygen atoms in total. The molecule has 2 amide bonds. The highest BCUT2D eigenvalue weighted by Gasteiger charge is 2.32. The third kappa shape index (κ3) is 7.83. The van der Waals surface area contributed by atoms with Crippen LogP contribution in [0.25, 0.3) is 0 Å². The first-order valence-corrected chi connectivity index (χ1v) is 13.8. The van der Waals surface area contributed by atoms with Gasteiger partial charge in [-0.15, -0.1) is 0 Å². The summed E-state index contributed by atoms with van der Waals surface area (Å²) in [5.74, 6) is -1.00. The second kappa shape index (κ2) is 12.9. The molecule has 36 heavy (non-hydrogen) atoms. The number of hydrogen-bond donors (Lipinski definition) is 1. The molecule has 0 saturated carbocycles. The monoisotopic (exact) mass is 541 g/mol. The highest BCUT2D eigenvalue weighted by Crippen LogP contribution is 2.25. The van der Waals surface area contributed by atoms with Gasteiger partial charge in [0.05, 0.1) is 24.1 Å². The van der Waals surface area contributed by atoms with Crippen molar-refractivity contribution in [2.45, 2.75) is 52.2 Å². The largest absolute Gasteiger partial charge is 0.497 e. The number of hydrogen-bond acceptors (Lipinski definition) is 5. The first-order valence-electron chi connectivity index (χ1n) is 11.6. The number of carbonyl (C=O) groups excluding carboxylic acids is 2. The maximum atomic E-state index is 13.7. The molecule has 0 radical (unpaired) electrons. The smallest absolute Gasteiger partial charge is 0.244 e.